The van der Waals surface area contributed by atoms with Gasteiger partial charge >= 0.3 is 5.76 Å². The molecular formula is C11H15N3O4. The molecule has 98 valence electrons. The number of fused-ring (bicyclic) bond motifs is 1. The molecule has 0 amide bonds. The van der Waals surface area contributed by atoms with Crippen LogP contribution < -0.4 is 16.8 Å². The highest BCUT2D eigenvalue weighted by Gasteiger charge is 2.11. The molecule has 1 unspecified atom stereocenters. The number of rotatable bonds is 5. The van der Waals surface area contributed by atoms with Crippen LogP contribution in [-0.2, 0) is 4.74 Å². The standard InChI is InChI=1S/C11H15N3O4/c1-17-5-6(4-15)13-8-3-9-10(2-7(8)12)18-11(16)14-9/h2-3,6,13,15H,4-5,12H2,1H3,(H,14,16). The molecule has 1 aromatic carbocycles. The molecule has 0 fully saturated rings. The molecule has 0 spiro atoms. The van der Waals surface area contributed by atoms with Crippen molar-refractivity contribution in [2.45, 2.75) is 6.04 Å². The molecule has 0 saturated carbocycles. The number of aliphatic hydroxyl groups excluding tert-OH is 1. The van der Waals surface area contributed by atoms with Gasteiger partial charge in [0.2, 0.25) is 0 Å². The van der Waals surface area contributed by atoms with Gasteiger partial charge in [0.1, 0.15) is 0 Å². The van der Waals surface area contributed by atoms with Gasteiger partial charge in [-0.25, -0.2) is 4.79 Å². The van der Waals surface area contributed by atoms with E-state index < -0.39 is 5.76 Å². The Balaban J connectivity index is 2.31. The molecule has 7 nitrogen and oxygen atoms in total. The van der Waals surface area contributed by atoms with Crippen molar-refractivity contribution in [2.24, 2.45) is 0 Å². The summed E-state index contributed by atoms with van der Waals surface area (Å²) in [7, 11) is 1.55. The number of oxazole rings is 1. The molecule has 7 heteroatoms. The van der Waals surface area contributed by atoms with Crippen LogP contribution in [0.1, 0.15) is 0 Å². The number of anilines is 2. The fourth-order valence-corrected chi connectivity index (χ4v) is 1.70. The number of ether oxygens (including phenoxy) is 1. The number of aromatic nitrogens is 1. The van der Waals surface area contributed by atoms with Gasteiger partial charge < -0.3 is 25.3 Å². The maximum Gasteiger partial charge on any atom is 0.417 e. The van der Waals surface area contributed by atoms with Gasteiger partial charge in [-0.05, 0) is 6.07 Å². The van der Waals surface area contributed by atoms with Crippen LogP contribution in [0, 0.1) is 0 Å². The Morgan fingerprint density at radius 1 is 1.61 bits per heavy atom. The van der Waals surface area contributed by atoms with Crippen molar-refractivity contribution >= 4 is 22.5 Å². The second-order valence-corrected chi connectivity index (χ2v) is 3.93. The molecule has 1 heterocycles. The Hall–Kier alpha value is -1.99. The molecule has 0 saturated heterocycles. The number of nitrogens with two attached hydrogens (primary N) is 1. The lowest BCUT2D eigenvalue weighted by atomic mass is 10.2. The highest BCUT2D eigenvalue weighted by atomic mass is 16.5. The van der Waals surface area contributed by atoms with E-state index in [2.05, 4.69) is 10.3 Å². The van der Waals surface area contributed by atoms with Gasteiger partial charge in [0.15, 0.2) is 5.58 Å². The Labute approximate surface area is 103 Å². The van der Waals surface area contributed by atoms with E-state index in [4.69, 9.17) is 20.0 Å². The monoisotopic (exact) mass is 253 g/mol. The van der Waals surface area contributed by atoms with Crippen LogP contribution in [0.5, 0.6) is 0 Å². The van der Waals surface area contributed by atoms with Crippen LogP contribution >= 0.6 is 0 Å². The van der Waals surface area contributed by atoms with Crippen molar-refractivity contribution in [1.29, 1.82) is 0 Å². The molecule has 1 atom stereocenters. The Kier molecular flexibility index (Phi) is 3.54. The van der Waals surface area contributed by atoms with Crippen LogP contribution in [0.25, 0.3) is 11.1 Å². The van der Waals surface area contributed by atoms with E-state index in [1.807, 2.05) is 0 Å². The second kappa shape index (κ2) is 5.11. The predicted octanol–water partition coefficient (Wildman–Crippen LogP) is 0.122. The van der Waals surface area contributed by atoms with E-state index in [0.29, 0.717) is 29.1 Å². The first-order valence-corrected chi connectivity index (χ1v) is 5.42. The van der Waals surface area contributed by atoms with Gasteiger partial charge in [-0.1, -0.05) is 0 Å². The minimum Gasteiger partial charge on any atom is -0.408 e. The summed E-state index contributed by atoms with van der Waals surface area (Å²) in [5, 5.41) is 12.2. The fraction of sp³-hybridized carbons (Fsp3) is 0.364. The van der Waals surface area contributed by atoms with E-state index in [0.717, 1.165) is 0 Å². The third-order valence-electron chi connectivity index (χ3n) is 2.54. The number of hydrogen-bond donors (Lipinski definition) is 4. The average Bonchev–Trinajstić information content (AvgIpc) is 2.68. The minimum atomic E-state index is -0.530. The van der Waals surface area contributed by atoms with Gasteiger partial charge in [-0.3, -0.25) is 4.98 Å². The highest BCUT2D eigenvalue weighted by Crippen LogP contribution is 2.24. The number of benzene rings is 1. The van der Waals surface area contributed by atoms with Crippen LogP contribution in [0.15, 0.2) is 21.3 Å². The molecule has 0 aliphatic carbocycles. The number of nitrogens with one attached hydrogen (secondary N) is 2. The normalized spacial score (nSPS) is 12.8. The van der Waals surface area contributed by atoms with Gasteiger partial charge in [-0.15, -0.1) is 0 Å². The number of H-pyrrole nitrogens is 1. The number of nitrogen functional groups attached to an aromatic ring is 1. The van der Waals surface area contributed by atoms with E-state index in [9.17, 15) is 4.79 Å². The fourth-order valence-electron chi connectivity index (χ4n) is 1.70. The van der Waals surface area contributed by atoms with E-state index in [-0.39, 0.29) is 12.6 Å². The molecule has 0 radical (unpaired) electrons. The summed E-state index contributed by atoms with van der Waals surface area (Å²) in [5.74, 6) is -0.530. The van der Waals surface area contributed by atoms with Gasteiger partial charge in [0, 0.05) is 13.2 Å². The average molecular weight is 253 g/mol. The predicted molar refractivity (Wildman–Crippen MR) is 67.6 cm³/mol. The molecule has 2 aromatic rings. The third-order valence-corrected chi connectivity index (χ3v) is 2.54. The summed E-state index contributed by atoms with van der Waals surface area (Å²) in [4.78, 5) is 13.6. The third kappa shape index (κ3) is 2.47. The summed E-state index contributed by atoms with van der Waals surface area (Å²) < 4.78 is 9.85. The highest BCUT2D eigenvalue weighted by molar-refractivity contribution is 5.85. The lowest BCUT2D eigenvalue weighted by Gasteiger charge is -2.17. The van der Waals surface area contributed by atoms with Crippen molar-refractivity contribution in [3.8, 4) is 0 Å². The SMILES string of the molecule is COCC(CO)Nc1cc2[nH]c(=O)oc2cc1N. The Bertz CT molecular complexity index is 589. The first-order chi connectivity index (χ1) is 8.63. The zero-order chi connectivity index (χ0) is 13.1. The maximum absolute atomic E-state index is 11.0. The lowest BCUT2D eigenvalue weighted by molar-refractivity contribution is 0.153. The summed E-state index contributed by atoms with van der Waals surface area (Å²) >= 11 is 0. The quantitative estimate of drug-likeness (QED) is 0.563. The van der Waals surface area contributed by atoms with Crippen molar-refractivity contribution in [3.63, 3.8) is 0 Å². The first-order valence-electron chi connectivity index (χ1n) is 5.42. The van der Waals surface area contributed by atoms with E-state index in [1.54, 1.807) is 19.2 Å². The molecule has 5 N–H and O–H groups in total. The molecule has 2 rings (SSSR count). The molecular weight excluding hydrogens is 238 g/mol. The second-order valence-electron chi connectivity index (χ2n) is 3.93. The minimum absolute atomic E-state index is 0.0901. The van der Waals surface area contributed by atoms with Crippen molar-refractivity contribution in [2.75, 3.05) is 31.4 Å². The molecule has 0 aliphatic rings. The molecule has 0 bridgehead atoms. The summed E-state index contributed by atoms with van der Waals surface area (Å²) in [6, 6.07) is 2.94. The number of methoxy groups -OCH3 is 1. The van der Waals surface area contributed by atoms with Gasteiger partial charge in [0.05, 0.1) is 36.1 Å². The van der Waals surface area contributed by atoms with Crippen molar-refractivity contribution in [1.82, 2.24) is 4.98 Å². The Morgan fingerprint density at radius 2 is 2.39 bits per heavy atom. The largest absolute Gasteiger partial charge is 0.417 e. The van der Waals surface area contributed by atoms with E-state index in [1.165, 1.54) is 0 Å². The van der Waals surface area contributed by atoms with Gasteiger partial charge in [0.25, 0.3) is 0 Å². The van der Waals surface area contributed by atoms with Crippen LogP contribution in [0.2, 0.25) is 0 Å². The summed E-state index contributed by atoms with van der Waals surface area (Å²) in [6.07, 6.45) is 0. The van der Waals surface area contributed by atoms with Crippen molar-refractivity contribution in [3.05, 3.63) is 22.7 Å². The summed E-state index contributed by atoms with van der Waals surface area (Å²) in [5.41, 5.74) is 7.82. The zero-order valence-corrected chi connectivity index (χ0v) is 9.90. The van der Waals surface area contributed by atoms with Crippen molar-refractivity contribution < 1.29 is 14.3 Å². The lowest BCUT2D eigenvalue weighted by Crippen LogP contribution is -2.29. The number of aromatic amines is 1. The molecule has 18 heavy (non-hydrogen) atoms. The number of hydrogen-bond acceptors (Lipinski definition) is 6. The maximum atomic E-state index is 11.0. The Morgan fingerprint density at radius 3 is 3.06 bits per heavy atom. The van der Waals surface area contributed by atoms with Crippen LogP contribution in [0.4, 0.5) is 11.4 Å². The van der Waals surface area contributed by atoms with Crippen LogP contribution in [0.3, 0.4) is 0 Å². The first kappa shape index (κ1) is 12.5. The van der Waals surface area contributed by atoms with Crippen LogP contribution in [-0.4, -0.2) is 36.5 Å². The van der Waals surface area contributed by atoms with E-state index >= 15 is 0 Å². The molecule has 0 aliphatic heterocycles. The number of aliphatic hydroxyl groups is 1. The van der Waals surface area contributed by atoms with Gasteiger partial charge in [-0.2, -0.15) is 0 Å². The summed E-state index contributed by atoms with van der Waals surface area (Å²) in [6.45, 7) is 0.253. The smallest absolute Gasteiger partial charge is 0.408 e. The molecule has 1 aromatic heterocycles. The topological polar surface area (TPSA) is 114 Å². The zero-order valence-electron chi connectivity index (χ0n) is 9.90.